The lowest BCUT2D eigenvalue weighted by molar-refractivity contribution is -0.119. The molecule has 33 heavy (non-hydrogen) atoms. The number of rotatable bonds is 9. The molecule has 0 aliphatic carbocycles. The van der Waals surface area contributed by atoms with Crippen molar-refractivity contribution in [1.82, 2.24) is 25.4 Å². The van der Waals surface area contributed by atoms with Gasteiger partial charge in [-0.15, -0.1) is 10.2 Å². The van der Waals surface area contributed by atoms with Crippen molar-refractivity contribution in [1.29, 1.82) is 0 Å². The molecule has 0 bridgehead atoms. The maximum absolute atomic E-state index is 12.7. The van der Waals surface area contributed by atoms with E-state index < -0.39 is 0 Å². The van der Waals surface area contributed by atoms with Crippen LogP contribution in [0.25, 0.3) is 0 Å². The third-order valence-corrected chi connectivity index (χ3v) is 6.49. The Bertz CT molecular complexity index is 1090. The average molecular weight is 486 g/mol. The summed E-state index contributed by atoms with van der Waals surface area (Å²) in [6, 6.07) is 16.1. The molecule has 0 radical (unpaired) electrons. The number of thioether (sulfide) groups is 1. The Balaban J connectivity index is 1.63. The molecule has 1 heterocycles. The molecular weight excluding hydrogens is 458 g/mol. The third kappa shape index (κ3) is 6.58. The number of nitrogens with one attached hydrogen (secondary N) is 2. The molecule has 9 heteroatoms. The lowest BCUT2D eigenvalue weighted by Gasteiger charge is -2.21. The predicted octanol–water partition coefficient (Wildman–Crippen LogP) is 4.57. The molecule has 2 aromatic carbocycles. The topological polar surface area (TPSA) is 88.9 Å². The normalized spacial score (nSPS) is 12.9. The van der Waals surface area contributed by atoms with Gasteiger partial charge in [-0.25, -0.2) is 0 Å². The number of carbonyl (C=O) groups is 2. The van der Waals surface area contributed by atoms with Crippen LogP contribution in [0.1, 0.15) is 54.6 Å². The van der Waals surface area contributed by atoms with Gasteiger partial charge >= 0.3 is 0 Å². The zero-order valence-corrected chi connectivity index (χ0v) is 20.7. The number of benzene rings is 2. The number of nitrogens with zero attached hydrogens (tertiary/aromatic N) is 3. The molecule has 0 unspecified atom stereocenters. The summed E-state index contributed by atoms with van der Waals surface area (Å²) in [5.41, 5.74) is 1.57. The van der Waals surface area contributed by atoms with E-state index in [4.69, 9.17) is 11.6 Å². The third-order valence-electron chi connectivity index (χ3n) is 5.22. The predicted molar refractivity (Wildman–Crippen MR) is 131 cm³/mol. The van der Waals surface area contributed by atoms with Gasteiger partial charge in [0, 0.05) is 17.6 Å². The number of hydrogen-bond acceptors (Lipinski definition) is 5. The van der Waals surface area contributed by atoms with Crippen LogP contribution in [0.5, 0.6) is 0 Å². The molecule has 0 fully saturated rings. The van der Waals surface area contributed by atoms with Crippen LogP contribution in [0.15, 0.2) is 59.8 Å². The second-order valence-electron chi connectivity index (χ2n) is 8.09. The zero-order chi connectivity index (χ0) is 24.0. The Morgan fingerprint density at radius 2 is 1.67 bits per heavy atom. The highest BCUT2D eigenvalue weighted by Gasteiger charge is 2.25. The number of halogens is 1. The molecule has 3 aromatic rings. The van der Waals surface area contributed by atoms with Gasteiger partial charge in [-0.3, -0.25) is 9.59 Å². The zero-order valence-electron chi connectivity index (χ0n) is 19.1. The minimum absolute atomic E-state index is 0.0806. The van der Waals surface area contributed by atoms with Crippen molar-refractivity contribution in [3.8, 4) is 0 Å². The molecule has 1 aromatic heterocycles. The Hall–Kier alpha value is -2.84. The van der Waals surface area contributed by atoms with E-state index in [0.717, 1.165) is 5.56 Å². The van der Waals surface area contributed by atoms with Gasteiger partial charge in [0.15, 0.2) is 11.0 Å². The van der Waals surface area contributed by atoms with E-state index in [9.17, 15) is 9.59 Å². The van der Waals surface area contributed by atoms with Crippen LogP contribution in [-0.4, -0.2) is 32.3 Å². The van der Waals surface area contributed by atoms with Gasteiger partial charge in [0.25, 0.3) is 5.91 Å². The van der Waals surface area contributed by atoms with Gasteiger partial charge in [0.2, 0.25) is 5.91 Å². The van der Waals surface area contributed by atoms with E-state index in [1.54, 1.807) is 24.3 Å². The monoisotopic (exact) mass is 485 g/mol. The molecule has 0 saturated heterocycles. The highest BCUT2D eigenvalue weighted by atomic mass is 35.5. The fourth-order valence-corrected chi connectivity index (χ4v) is 4.17. The van der Waals surface area contributed by atoms with Crippen molar-refractivity contribution in [2.24, 2.45) is 13.0 Å². The molecule has 3 rings (SSSR count). The van der Waals surface area contributed by atoms with E-state index in [-0.39, 0.29) is 35.6 Å². The van der Waals surface area contributed by atoms with E-state index in [2.05, 4.69) is 20.8 Å². The summed E-state index contributed by atoms with van der Waals surface area (Å²) in [5, 5.41) is 15.8. The summed E-state index contributed by atoms with van der Waals surface area (Å²) < 4.78 is 1.82. The van der Waals surface area contributed by atoms with Gasteiger partial charge in [-0.05, 0) is 42.7 Å². The van der Waals surface area contributed by atoms with E-state index in [1.165, 1.54) is 11.8 Å². The highest BCUT2D eigenvalue weighted by molar-refractivity contribution is 7.99. The second kappa shape index (κ2) is 11.3. The van der Waals surface area contributed by atoms with Crippen LogP contribution in [0.2, 0.25) is 5.02 Å². The van der Waals surface area contributed by atoms with Crippen LogP contribution >= 0.6 is 23.4 Å². The van der Waals surface area contributed by atoms with E-state index in [0.29, 0.717) is 21.6 Å². The Kier molecular flexibility index (Phi) is 8.52. The fourth-order valence-electron chi connectivity index (χ4n) is 3.32. The first-order valence-corrected chi connectivity index (χ1v) is 12.1. The molecule has 0 spiro atoms. The first kappa shape index (κ1) is 24.8. The van der Waals surface area contributed by atoms with Gasteiger partial charge in [-0.1, -0.05) is 67.5 Å². The van der Waals surface area contributed by atoms with Crippen LogP contribution in [-0.2, 0) is 11.8 Å². The van der Waals surface area contributed by atoms with Crippen molar-refractivity contribution in [2.75, 3.05) is 5.75 Å². The van der Waals surface area contributed by atoms with E-state index in [1.807, 2.05) is 62.7 Å². The molecular formula is C24H28ClN5O2S. The Morgan fingerprint density at radius 3 is 2.30 bits per heavy atom. The van der Waals surface area contributed by atoms with Crippen molar-refractivity contribution in [3.63, 3.8) is 0 Å². The highest BCUT2D eigenvalue weighted by Crippen LogP contribution is 2.25. The van der Waals surface area contributed by atoms with Crippen LogP contribution in [0.3, 0.4) is 0 Å². The fraction of sp³-hybridized carbons (Fsp3) is 0.333. The van der Waals surface area contributed by atoms with Gasteiger partial charge in [0.05, 0.1) is 17.8 Å². The van der Waals surface area contributed by atoms with Gasteiger partial charge in [0.1, 0.15) is 0 Å². The molecule has 7 nitrogen and oxygen atoms in total. The minimum atomic E-state index is -0.341. The summed E-state index contributed by atoms with van der Waals surface area (Å²) in [6.45, 7) is 5.97. The van der Waals surface area contributed by atoms with E-state index >= 15 is 0 Å². The molecule has 0 saturated carbocycles. The largest absolute Gasteiger partial charge is 0.349 e. The summed E-state index contributed by atoms with van der Waals surface area (Å²) in [7, 11) is 1.84. The van der Waals surface area contributed by atoms with Crippen molar-refractivity contribution in [2.45, 2.75) is 38.0 Å². The van der Waals surface area contributed by atoms with Crippen molar-refractivity contribution >= 4 is 35.2 Å². The first-order valence-electron chi connectivity index (χ1n) is 10.7. The number of aromatic nitrogens is 3. The van der Waals surface area contributed by atoms with Crippen molar-refractivity contribution in [3.05, 3.63) is 76.6 Å². The molecule has 2 amide bonds. The maximum atomic E-state index is 12.7. The number of amides is 2. The molecule has 2 atom stereocenters. The summed E-state index contributed by atoms with van der Waals surface area (Å²) in [6.07, 6.45) is 0. The SMILES string of the molecule is CC(C)[C@H](NC(=O)c1ccc(Cl)cc1)c1nnc(SCC(=O)N[C@H](C)c2ccccc2)n1C. The average Bonchev–Trinajstić information content (AvgIpc) is 3.16. The molecule has 0 aliphatic rings. The minimum Gasteiger partial charge on any atom is -0.349 e. The quantitative estimate of drug-likeness (QED) is 0.433. The number of hydrogen-bond donors (Lipinski definition) is 2. The van der Waals surface area contributed by atoms with Crippen LogP contribution in [0.4, 0.5) is 0 Å². The van der Waals surface area contributed by atoms with Crippen LogP contribution in [0, 0.1) is 5.92 Å². The molecule has 174 valence electrons. The first-order chi connectivity index (χ1) is 15.8. The van der Waals surface area contributed by atoms with Crippen molar-refractivity contribution < 1.29 is 9.59 Å². The number of carbonyl (C=O) groups excluding carboxylic acids is 2. The van der Waals surface area contributed by atoms with Gasteiger partial charge < -0.3 is 15.2 Å². The summed E-state index contributed by atoms with van der Waals surface area (Å²) in [5.74, 6) is 0.631. The Morgan fingerprint density at radius 1 is 1.00 bits per heavy atom. The Labute approximate surface area is 203 Å². The lowest BCUT2D eigenvalue weighted by Crippen LogP contribution is -2.33. The smallest absolute Gasteiger partial charge is 0.251 e. The standard InChI is InChI=1S/C24H28ClN5O2S/c1-15(2)21(27-23(32)18-10-12-19(25)13-11-18)22-28-29-24(30(22)4)33-14-20(31)26-16(3)17-8-6-5-7-9-17/h5-13,15-16,21H,14H2,1-4H3,(H,26,31)(H,27,32)/t16-,21+/m1/s1. The summed E-state index contributed by atoms with van der Waals surface area (Å²) >= 11 is 7.23. The van der Waals surface area contributed by atoms with Crippen LogP contribution < -0.4 is 10.6 Å². The lowest BCUT2D eigenvalue weighted by atomic mass is 10.0. The summed E-state index contributed by atoms with van der Waals surface area (Å²) in [4.78, 5) is 25.2. The maximum Gasteiger partial charge on any atom is 0.251 e. The molecule has 2 N–H and O–H groups in total. The second-order valence-corrected chi connectivity index (χ2v) is 9.47. The van der Waals surface area contributed by atoms with Gasteiger partial charge in [-0.2, -0.15) is 0 Å². The molecule has 0 aliphatic heterocycles.